The summed E-state index contributed by atoms with van der Waals surface area (Å²) in [5.74, 6) is -1.09. The van der Waals surface area contributed by atoms with E-state index in [4.69, 9.17) is 25.8 Å². The van der Waals surface area contributed by atoms with E-state index in [1.807, 2.05) is 0 Å². The van der Waals surface area contributed by atoms with Crippen molar-refractivity contribution in [3.8, 4) is 11.5 Å². The van der Waals surface area contributed by atoms with Gasteiger partial charge in [-0.1, -0.05) is 17.7 Å². The maximum absolute atomic E-state index is 12.2. The van der Waals surface area contributed by atoms with Gasteiger partial charge in [0.05, 0.1) is 19.1 Å². The number of nitro benzene ring substituents is 1. The number of rotatable bonds is 10. The van der Waals surface area contributed by atoms with Crippen LogP contribution in [0.5, 0.6) is 11.5 Å². The van der Waals surface area contributed by atoms with Crippen LogP contribution in [0.25, 0.3) is 0 Å². The van der Waals surface area contributed by atoms with Crippen LogP contribution in [0.15, 0.2) is 36.4 Å². The summed E-state index contributed by atoms with van der Waals surface area (Å²) in [7, 11) is 3.01. The van der Waals surface area contributed by atoms with Crippen molar-refractivity contribution < 1.29 is 33.5 Å². The van der Waals surface area contributed by atoms with Crippen LogP contribution in [0.1, 0.15) is 22.8 Å². The van der Waals surface area contributed by atoms with Gasteiger partial charge in [-0.2, -0.15) is 0 Å². The molecule has 12 heteroatoms. The van der Waals surface area contributed by atoms with Gasteiger partial charge in [-0.25, -0.2) is 0 Å². The number of nitrogens with one attached hydrogen (secondary N) is 2. The van der Waals surface area contributed by atoms with Gasteiger partial charge in [0, 0.05) is 18.2 Å². The Bertz CT molecular complexity index is 1060. The minimum Gasteiger partial charge on any atom is -0.493 e. The highest BCUT2D eigenvalue weighted by molar-refractivity contribution is 6.32. The smallest absolute Gasteiger partial charge is 0.326 e. The van der Waals surface area contributed by atoms with Crippen LogP contribution in [0.2, 0.25) is 5.02 Å². The molecule has 0 aliphatic carbocycles. The summed E-state index contributed by atoms with van der Waals surface area (Å²) in [6.45, 7) is 1.00. The molecule has 1 unspecified atom stereocenters. The summed E-state index contributed by atoms with van der Waals surface area (Å²) < 4.78 is 15.4. The lowest BCUT2D eigenvalue weighted by atomic mass is 10.2. The number of carbonyl (C=O) groups is 3. The molecule has 2 rings (SSSR count). The van der Waals surface area contributed by atoms with Gasteiger partial charge < -0.3 is 24.8 Å². The van der Waals surface area contributed by atoms with Gasteiger partial charge >= 0.3 is 5.97 Å². The van der Waals surface area contributed by atoms with Crippen molar-refractivity contribution in [3.05, 3.63) is 62.7 Å². The van der Waals surface area contributed by atoms with Crippen molar-refractivity contribution >= 4 is 35.1 Å². The quantitative estimate of drug-likeness (QED) is 0.299. The van der Waals surface area contributed by atoms with Crippen molar-refractivity contribution in [1.82, 2.24) is 10.6 Å². The highest BCUT2D eigenvalue weighted by atomic mass is 35.5. The van der Waals surface area contributed by atoms with Gasteiger partial charge in [0.25, 0.3) is 17.5 Å². The molecule has 0 saturated carbocycles. The normalized spacial score (nSPS) is 11.2. The van der Waals surface area contributed by atoms with Crippen LogP contribution < -0.4 is 20.1 Å². The maximum atomic E-state index is 12.2. The van der Waals surface area contributed by atoms with Gasteiger partial charge in [-0.3, -0.25) is 24.5 Å². The van der Waals surface area contributed by atoms with E-state index in [0.29, 0.717) is 11.5 Å². The average molecular weight is 480 g/mol. The molecule has 0 fully saturated rings. The number of halogens is 1. The molecule has 11 nitrogen and oxygen atoms in total. The fourth-order valence-electron chi connectivity index (χ4n) is 2.66. The van der Waals surface area contributed by atoms with Crippen molar-refractivity contribution in [2.75, 3.05) is 20.8 Å². The number of carbonyl (C=O) groups excluding carboxylic acids is 3. The predicted octanol–water partition coefficient (Wildman–Crippen LogP) is 2.24. The number of hydrogen-bond donors (Lipinski definition) is 2. The van der Waals surface area contributed by atoms with Crippen LogP contribution in [-0.4, -0.2) is 49.6 Å². The summed E-state index contributed by atoms with van der Waals surface area (Å²) >= 11 is 5.71. The van der Waals surface area contributed by atoms with Crippen LogP contribution >= 0.6 is 11.6 Å². The molecule has 2 aromatic carbocycles. The van der Waals surface area contributed by atoms with E-state index in [-0.39, 0.29) is 17.1 Å². The first-order valence-electron chi connectivity index (χ1n) is 9.56. The lowest BCUT2D eigenvalue weighted by Crippen LogP contribution is -2.38. The number of esters is 1. The second kappa shape index (κ2) is 11.7. The fourth-order valence-corrected chi connectivity index (χ4v) is 2.85. The molecule has 0 aromatic heterocycles. The lowest BCUT2D eigenvalue weighted by molar-refractivity contribution is -0.384. The summed E-state index contributed by atoms with van der Waals surface area (Å²) in [6.07, 6.45) is -1.12. The van der Waals surface area contributed by atoms with Gasteiger partial charge in [-0.05, 0) is 36.8 Å². The molecule has 2 N–H and O–H groups in total. The van der Waals surface area contributed by atoms with Crippen molar-refractivity contribution in [2.24, 2.45) is 0 Å². The van der Waals surface area contributed by atoms with E-state index in [2.05, 4.69) is 10.6 Å². The number of nitrogens with zero attached hydrogens (tertiary/aromatic N) is 1. The summed E-state index contributed by atoms with van der Waals surface area (Å²) in [5, 5.41) is 15.7. The third-order valence-corrected chi connectivity index (χ3v) is 4.71. The van der Waals surface area contributed by atoms with Crippen LogP contribution in [0, 0.1) is 10.1 Å². The molecule has 0 spiro atoms. The van der Waals surface area contributed by atoms with Gasteiger partial charge in [0.2, 0.25) is 0 Å². The number of benzene rings is 2. The Kier molecular flexibility index (Phi) is 8.98. The SMILES string of the molecule is COc1ccc(CNC(=O)C(C)OC(=O)CNC(=O)c2ccc(Cl)c([N+](=O)[O-])c2)cc1OC. The standard InChI is InChI=1S/C21H22ClN3O8/c1-12(20(27)23-10-13-4-7-17(31-2)18(8-13)32-3)33-19(26)11-24-21(28)14-5-6-15(22)16(9-14)25(29)30/h4-9,12H,10-11H2,1-3H3,(H,23,27)(H,24,28). The number of hydrogen-bond acceptors (Lipinski definition) is 8. The van der Waals surface area contributed by atoms with E-state index >= 15 is 0 Å². The van der Waals surface area contributed by atoms with E-state index in [1.165, 1.54) is 33.3 Å². The first-order chi connectivity index (χ1) is 15.7. The zero-order valence-corrected chi connectivity index (χ0v) is 18.8. The first kappa shape index (κ1) is 25.4. The molecule has 0 aliphatic heterocycles. The van der Waals surface area contributed by atoms with E-state index in [0.717, 1.165) is 11.6 Å². The van der Waals surface area contributed by atoms with Gasteiger partial charge in [-0.15, -0.1) is 0 Å². The molecular formula is C21H22ClN3O8. The Hall–Kier alpha value is -3.86. The van der Waals surface area contributed by atoms with E-state index < -0.39 is 41.0 Å². The Morgan fingerprint density at radius 3 is 2.39 bits per heavy atom. The van der Waals surface area contributed by atoms with Crippen molar-refractivity contribution in [1.29, 1.82) is 0 Å². The molecule has 2 amide bonds. The molecule has 33 heavy (non-hydrogen) atoms. The fraction of sp³-hybridized carbons (Fsp3) is 0.286. The lowest BCUT2D eigenvalue weighted by Gasteiger charge is -2.14. The highest BCUT2D eigenvalue weighted by Crippen LogP contribution is 2.27. The Morgan fingerprint density at radius 1 is 1.06 bits per heavy atom. The Labute approximate surface area is 194 Å². The summed E-state index contributed by atoms with van der Waals surface area (Å²) in [6, 6.07) is 8.62. The van der Waals surface area contributed by atoms with Gasteiger partial charge in [0.1, 0.15) is 11.6 Å². The van der Waals surface area contributed by atoms with Gasteiger partial charge in [0.15, 0.2) is 17.6 Å². The number of amides is 2. The molecule has 0 heterocycles. The minimum absolute atomic E-state index is 0.0559. The van der Waals surface area contributed by atoms with Crippen molar-refractivity contribution in [2.45, 2.75) is 19.6 Å². The summed E-state index contributed by atoms with van der Waals surface area (Å²) in [4.78, 5) is 46.5. The van der Waals surface area contributed by atoms with Crippen LogP contribution in [0.4, 0.5) is 5.69 Å². The van der Waals surface area contributed by atoms with Crippen LogP contribution in [-0.2, 0) is 20.9 Å². The number of methoxy groups -OCH3 is 2. The zero-order chi connectivity index (χ0) is 24.5. The Balaban J connectivity index is 1.84. The highest BCUT2D eigenvalue weighted by Gasteiger charge is 2.20. The Morgan fingerprint density at radius 2 is 1.76 bits per heavy atom. The molecular weight excluding hydrogens is 458 g/mol. The molecule has 0 bridgehead atoms. The molecule has 0 saturated heterocycles. The average Bonchev–Trinajstić information content (AvgIpc) is 2.80. The number of nitro groups is 1. The van der Waals surface area contributed by atoms with Crippen molar-refractivity contribution in [3.63, 3.8) is 0 Å². The maximum Gasteiger partial charge on any atom is 0.326 e. The third kappa shape index (κ3) is 7.07. The third-order valence-electron chi connectivity index (χ3n) is 4.39. The second-order valence-electron chi connectivity index (χ2n) is 6.65. The largest absolute Gasteiger partial charge is 0.493 e. The molecule has 2 aromatic rings. The second-order valence-corrected chi connectivity index (χ2v) is 7.05. The van der Waals surface area contributed by atoms with E-state index in [1.54, 1.807) is 18.2 Å². The van der Waals surface area contributed by atoms with E-state index in [9.17, 15) is 24.5 Å². The minimum atomic E-state index is -1.12. The summed E-state index contributed by atoms with van der Waals surface area (Å²) in [5.41, 5.74) is 0.245. The van der Waals surface area contributed by atoms with Crippen LogP contribution in [0.3, 0.4) is 0 Å². The molecule has 1 atom stereocenters. The molecule has 176 valence electrons. The predicted molar refractivity (Wildman–Crippen MR) is 117 cm³/mol. The first-order valence-corrected chi connectivity index (χ1v) is 9.94. The monoisotopic (exact) mass is 479 g/mol. The zero-order valence-electron chi connectivity index (χ0n) is 18.0. The molecule has 0 aliphatic rings. The number of ether oxygens (including phenoxy) is 3. The topological polar surface area (TPSA) is 146 Å². The molecule has 0 radical (unpaired) electrons.